The summed E-state index contributed by atoms with van der Waals surface area (Å²) in [4.78, 5) is 3.63. The predicted molar refractivity (Wildman–Crippen MR) is 78.1 cm³/mol. The molecule has 1 aliphatic rings. The van der Waals surface area contributed by atoms with E-state index >= 15 is 0 Å². The fourth-order valence-electron chi connectivity index (χ4n) is 3.41. The van der Waals surface area contributed by atoms with E-state index in [0.717, 1.165) is 12.3 Å². The lowest BCUT2D eigenvalue weighted by Gasteiger charge is -2.21. The number of H-pyrrole nitrogens is 1. The lowest BCUT2D eigenvalue weighted by molar-refractivity contribution is 0.422. The summed E-state index contributed by atoms with van der Waals surface area (Å²) < 4.78 is 0. The van der Waals surface area contributed by atoms with Gasteiger partial charge in [0.1, 0.15) is 0 Å². The highest BCUT2D eigenvalue weighted by Crippen LogP contribution is 2.33. The zero-order chi connectivity index (χ0) is 12.5. The minimum absolute atomic E-state index is 0.909. The number of benzene rings is 1. The van der Waals surface area contributed by atoms with Crippen LogP contribution in [0.3, 0.4) is 0 Å². The normalized spacial score (nSPS) is 19.1. The van der Waals surface area contributed by atoms with E-state index in [9.17, 15) is 0 Å². The Morgan fingerprint density at radius 1 is 1.28 bits per heavy atom. The summed E-state index contributed by atoms with van der Waals surface area (Å²) >= 11 is 0. The van der Waals surface area contributed by atoms with Gasteiger partial charge in [-0.15, -0.1) is 0 Å². The molecule has 0 radical (unpaired) electrons. The van der Waals surface area contributed by atoms with E-state index in [1.807, 2.05) is 0 Å². The van der Waals surface area contributed by atoms with Crippen molar-refractivity contribution in [1.29, 1.82) is 0 Å². The number of aromatic amines is 1. The molecule has 1 aliphatic carbocycles. The first kappa shape index (κ1) is 11.8. The van der Waals surface area contributed by atoms with Gasteiger partial charge in [0.2, 0.25) is 0 Å². The van der Waals surface area contributed by atoms with Gasteiger partial charge in [0, 0.05) is 16.6 Å². The Balaban J connectivity index is 2.02. The van der Waals surface area contributed by atoms with Crippen LogP contribution in [0.4, 0.5) is 0 Å². The lowest BCUT2D eigenvalue weighted by Crippen LogP contribution is -2.13. The molecule has 0 aliphatic heterocycles. The van der Waals surface area contributed by atoms with Crippen molar-refractivity contribution in [3.8, 4) is 0 Å². The fourth-order valence-corrected chi connectivity index (χ4v) is 3.41. The number of rotatable bonds is 3. The van der Waals surface area contributed by atoms with Crippen molar-refractivity contribution in [2.24, 2.45) is 5.92 Å². The first-order valence-corrected chi connectivity index (χ1v) is 7.44. The average Bonchev–Trinajstić information content (AvgIpc) is 2.76. The Bertz CT molecular complexity index is 550. The van der Waals surface area contributed by atoms with Gasteiger partial charge in [-0.1, -0.05) is 32.8 Å². The molecule has 2 aromatic rings. The molecule has 1 aromatic carbocycles. The number of nitrogens with one attached hydrogen (secondary N) is 1. The quantitative estimate of drug-likeness (QED) is 0.806. The van der Waals surface area contributed by atoms with Crippen LogP contribution in [0.1, 0.15) is 49.9 Å². The molecule has 0 spiro atoms. The van der Waals surface area contributed by atoms with Gasteiger partial charge in [0.15, 0.2) is 0 Å². The van der Waals surface area contributed by atoms with E-state index in [1.54, 1.807) is 5.56 Å². The maximum atomic E-state index is 3.63. The van der Waals surface area contributed by atoms with Gasteiger partial charge >= 0.3 is 0 Å². The van der Waals surface area contributed by atoms with Crippen LogP contribution >= 0.6 is 0 Å². The summed E-state index contributed by atoms with van der Waals surface area (Å²) in [5, 5.41) is 1.49. The van der Waals surface area contributed by atoms with Crippen LogP contribution in [-0.2, 0) is 19.3 Å². The molecule has 1 unspecified atom stereocenters. The lowest BCUT2D eigenvalue weighted by atomic mass is 9.84. The number of hydrogen-bond donors (Lipinski definition) is 1. The smallest absolute Gasteiger partial charge is 0.0459 e. The third-order valence-electron chi connectivity index (χ3n) is 4.46. The van der Waals surface area contributed by atoms with Crippen molar-refractivity contribution in [3.05, 3.63) is 35.0 Å². The van der Waals surface area contributed by atoms with Crippen LogP contribution in [0.15, 0.2) is 18.2 Å². The maximum absolute atomic E-state index is 3.63. The average molecular weight is 241 g/mol. The molecular weight excluding hydrogens is 218 g/mol. The summed E-state index contributed by atoms with van der Waals surface area (Å²) in [5.41, 5.74) is 5.92. The van der Waals surface area contributed by atoms with Crippen molar-refractivity contribution in [2.45, 2.75) is 52.4 Å². The van der Waals surface area contributed by atoms with Gasteiger partial charge in [0.25, 0.3) is 0 Å². The van der Waals surface area contributed by atoms with E-state index in [1.165, 1.54) is 54.3 Å². The minimum atomic E-state index is 0.909. The Morgan fingerprint density at radius 2 is 2.17 bits per heavy atom. The molecule has 0 bridgehead atoms. The van der Waals surface area contributed by atoms with Crippen molar-refractivity contribution >= 4 is 10.9 Å². The largest absolute Gasteiger partial charge is 0.358 e. The second-order valence-corrected chi connectivity index (χ2v) is 5.71. The molecule has 1 aromatic heterocycles. The van der Waals surface area contributed by atoms with Crippen LogP contribution in [0.5, 0.6) is 0 Å². The van der Waals surface area contributed by atoms with Gasteiger partial charge in [0.05, 0.1) is 0 Å². The highest BCUT2D eigenvalue weighted by atomic mass is 14.7. The zero-order valence-corrected chi connectivity index (χ0v) is 11.6. The van der Waals surface area contributed by atoms with E-state index in [4.69, 9.17) is 0 Å². The summed E-state index contributed by atoms with van der Waals surface area (Å²) in [5.74, 6) is 0.909. The monoisotopic (exact) mass is 241 g/mol. The molecule has 1 N–H and O–H groups in total. The van der Waals surface area contributed by atoms with E-state index in [0.29, 0.717) is 0 Å². The number of aromatic nitrogens is 1. The van der Waals surface area contributed by atoms with E-state index in [-0.39, 0.29) is 0 Å². The number of fused-ring (bicyclic) bond motifs is 3. The molecule has 0 saturated heterocycles. The molecule has 1 heterocycles. The Hall–Kier alpha value is -1.24. The van der Waals surface area contributed by atoms with Crippen molar-refractivity contribution in [1.82, 2.24) is 4.98 Å². The predicted octanol–water partition coefficient (Wildman–Crippen LogP) is 4.64. The molecule has 0 amide bonds. The van der Waals surface area contributed by atoms with Gasteiger partial charge in [-0.3, -0.25) is 0 Å². The molecule has 18 heavy (non-hydrogen) atoms. The van der Waals surface area contributed by atoms with Crippen LogP contribution < -0.4 is 0 Å². The van der Waals surface area contributed by atoms with Gasteiger partial charge in [-0.25, -0.2) is 0 Å². The van der Waals surface area contributed by atoms with Crippen LogP contribution in [0.2, 0.25) is 0 Å². The van der Waals surface area contributed by atoms with E-state index in [2.05, 4.69) is 37.0 Å². The SMILES string of the molecule is CCCC1CCc2[nH]c3ccc(CC)cc3c2C1. The number of aryl methyl sites for hydroxylation is 2. The third kappa shape index (κ3) is 1.96. The van der Waals surface area contributed by atoms with Crippen molar-refractivity contribution in [2.75, 3.05) is 0 Å². The first-order chi connectivity index (χ1) is 8.81. The van der Waals surface area contributed by atoms with Gasteiger partial charge in [-0.05, 0) is 54.9 Å². The Morgan fingerprint density at radius 3 is 2.94 bits per heavy atom. The third-order valence-corrected chi connectivity index (χ3v) is 4.46. The second kappa shape index (κ2) is 4.79. The topological polar surface area (TPSA) is 15.8 Å². The summed E-state index contributed by atoms with van der Waals surface area (Å²) in [7, 11) is 0. The summed E-state index contributed by atoms with van der Waals surface area (Å²) in [6, 6.07) is 6.92. The van der Waals surface area contributed by atoms with Crippen LogP contribution in [0, 0.1) is 5.92 Å². The van der Waals surface area contributed by atoms with Crippen molar-refractivity contribution in [3.63, 3.8) is 0 Å². The molecule has 1 nitrogen and oxygen atoms in total. The maximum Gasteiger partial charge on any atom is 0.0459 e. The van der Waals surface area contributed by atoms with Crippen LogP contribution in [-0.4, -0.2) is 4.98 Å². The van der Waals surface area contributed by atoms with Gasteiger partial charge < -0.3 is 4.98 Å². The highest BCUT2D eigenvalue weighted by molar-refractivity contribution is 5.85. The zero-order valence-electron chi connectivity index (χ0n) is 11.6. The van der Waals surface area contributed by atoms with Crippen LogP contribution in [0.25, 0.3) is 10.9 Å². The highest BCUT2D eigenvalue weighted by Gasteiger charge is 2.21. The molecule has 1 heteroatoms. The molecule has 1 atom stereocenters. The molecule has 0 fully saturated rings. The Kier molecular flexibility index (Phi) is 3.15. The summed E-state index contributed by atoms with van der Waals surface area (Å²) in [6.45, 7) is 4.54. The Labute approximate surface area is 110 Å². The molecular formula is C17H23N. The molecule has 0 saturated carbocycles. The number of hydrogen-bond acceptors (Lipinski definition) is 0. The first-order valence-electron chi connectivity index (χ1n) is 7.44. The van der Waals surface area contributed by atoms with E-state index < -0.39 is 0 Å². The minimum Gasteiger partial charge on any atom is -0.358 e. The van der Waals surface area contributed by atoms with Crippen molar-refractivity contribution < 1.29 is 0 Å². The van der Waals surface area contributed by atoms with Gasteiger partial charge in [-0.2, -0.15) is 0 Å². The molecule has 96 valence electrons. The summed E-state index contributed by atoms with van der Waals surface area (Å²) in [6.07, 6.45) is 7.75. The standard InChI is InChI=1S/C17H23N/c1-3-5-13-7-9-17-15(11-13)14-10-12(4-2)6-8-16(14)18-17/h6,8,10,13,18H,3-5,7,9,11H2,1-2H3. The molecule has 3 rings (SSSR count). The second-order valence-electron chi connectivity index (χ2n) is 5.71. The fraction of sp³-hybridized carbons (Fsp3) is 0.529.